The van der Waals surface area contributed by atoms with E-state index >= 15 is 0 Å². The van der Waals surface area contributed by atoms with Crippen LogP contribution in [0.5, 0.6) is 0 Å². The van der Waals surface area contributed by atoms with Crippen LogP contribution >= 0.6 is 11.6 Å². The maximum absolute atomic E-state index is 12.1. The van der Waals surface area contributed by atoms with Crippen LogP contribution in [0.4, 0.5) is 10.5 Å². The summed E-state index contributed by atoms with van der Waals surface area (Å²) in [6, 6.07) is 14.8. The summed E-state index contributed by atoms with van der Waals surface area (Å²) in [5.74, 6) is -0.264. The van der Waals surface area contributed by atoms with Gasteiger partial charge in [0.25, 0.3) is 0 Å². The van der Waals surface area contributed by atoms with Gasteiger partial charge in [-0.2, -0.15) is 0 Å². The van der Waals surface area contributed by atoms with Crippen molar-refractivity contribution < 1.29 is 9.59 Å². The molecule has 2 aromatic carbocycles. The highest BCUT2D eigenvalue weighted by Gasteiger charge is 2.21. The molecule has 0 aliphatic carbocycles. The zero-order chi connectivity index (χ0) is 19.9. The van der Waals surface area contributed by atoms with Gasteiger partial charge in [0, 0.05) is 22.7 Å². The van der Waals surface area contributed by atoms with Gasteiger partial charge < -0.3 is 16.0 Å². The van der Waals surface area contributed by atoms with Crippen LogP contribution in [0.2, 0.25) is 5.02 Å². The standard InChI is InChI=1S/C21H26ClN3O2/c1-4-15-8-5-6-11-18(15)25-19(26)13-23-20(27)24-14-21(2,3)16-9-7-10-17(22)12-16/h5-12H,4,13-14H2,1-3H3,(H,25,26)(H2,23,24,27). The minimum absolute atomic E-state index is 0.0958. The van der Waals surface area contributed by atoms with Crippen molar-refractivity contribution in [2.24, 2.45) is 0 Å². The van der Waals surface area contributed by atoms with Crippen LogP contribution in [0.1, 0.15) is 31.9 Å². The first-order valence-corrected chi connectivity index (χ1v) is 9.35. The van der Waals surface area contributed by atoms with Crippen LogP contribution in [0.3, 0.4) is 0 Å². The van der Waals surface area contributed by atoms with Crippen LogP contribution in [-0.2, 0) is 16.6 Å². The Balaban J connectivity index is 1.81. The predicted molar refractivity (Wildman–Crippen MR) is 110 cm³/mol. The number of carbonyl (C=O) groups is 2. The number of urea groups is 1. The normalized spacial score (nSPS) is 11.0. The monoisotopic (exact) mass is 387 g/mol. The Hall–Kier alpha value is -2.53. The van der Waals surface area contributed by atoms with Gasteiger partial charge in [0.1, 0.15) is 0 Å². The Morgan fingerprint density at radius 1 is 1.04 bits per heavy atom. The zero-order valence-corrected chi connectivity index (χ0v) is 16.7. The molecular weight excluding hydrogens is 362 g/mol. The van der Waals surface area contributed by atoms with Gasteiger partial charge in [-0.15, -0.1) is 0 Å². The lowest BCUT2D eigenvalue weighted by molar-refractivity contribution is -0.115. The summed E-state index contributed by atoms with van der Waals surface area (Å²) in [7, 11) is 0. The van der Waals surface area contributed by atoms with Crippen molar-refractivity contribution >= 4 is 29.2 Å². The van der Waals surface area contributed by atoms with Crippen molar-refractivity contribution in [3.8, 4) is 0 Å². The molecule has 0 heterocycles. The van der Waals surface area contributed by atoms with E-state index in [2.05, 4.69) is 16.0 Å². The van der Waals surface area contributed by atoms with Gasteiger partial charge in [-0.3, -0.25) is 4.79 Å². The minimum atomic E-state index is -0.385. The molecule has 0 bridgehead atoms. The number of benzene rings is 2. The summed E-state index contributed by atoms with van der Waals surface area (Å²) < 4.78 is 0. The number of para-hydroxylation sites is 1. The van der Waals surface area contributed by atoms with Crippen molar-refractivity contribution in [2.75, 3.05) is 18.4 Å². The molecule has 2 aromatic rings. The highest BCUT2D eigenvalue weighted by molar-refractivity contribution is 6.30. The van der Waals surface area contributed by atoms with Crippen molar-refractivity contribution in [2.45, 2.75) is 32.6 Å². The third kappa shape index (κ3) is 6.29. The number of rotatable bonds is 7. The van der Waals surface area contributed by atoms with Crippen molar-refractivity contribution in [1.82, 2.24) is 10.6 Å². The molecule has 0 aliphatic heterocycles. The van der Waals surface area contributed by atoms with E-state index in [-0.39, 0.29) is 23.9 Å². The molecule has 0 atom stereocenters. The van der Waals surface area contributed by atoms with Crippen LogP contribution < -0.4 is 16.0 Å². The molecule has 3 N–H and O–H groups in total. The van der Waals surface area contributed by atoms with E-state index in [9.17, 15) is 9.59 Å². The fourth-order valence-corrected chi connectivity index (χ4v) is 2.87. The molecule has 0 aromatic heterocycles. The lowest BCUT2D eigenvalue weighted by Gasteiger charge is -2.26. The summed E-state index contributed by atoms with van der Waals surface area (Å²) in [6.45, 7) is 6.39. The molecule has 0 fully saturated rings. The number of hydrogen-bond donors (Lipinski definition) is 3. The smallest absolute Gasteiger partial charge is 0.315 e. The quantitative estimate of drug-likeness (QED) is 0.668. The molecule has 0 radical (unpaired) electrons. The molecule has 5 nitrogen and oxygen atoms in total. The molecule has 144 valence electrons. The second-order valence-corrected chi connectivity index (χ2v) is 7.43. The van der Waals surface area contributed by atoms with Gasteiger partial charge in [0.05, 0.1) is 6.54 Å². The maximum atomic E-state index is 12.1. The average Bonchev–Trinajstić information content (AvgIpc) is 2.65. The molecule has 0 saturated heterocycles. The molecule has 27 heavy (non-hydrogen) atoms. The first-order valence-electron chi connectivity index (χ1n) is 8.97. The molecule has 0 aliphatic rings. The van der Waals surface area contributed by atoms with Gasteiger partial charge in [0.15, 0.2) is 0 Å². The number of aryl methyl sites for hydroxylation is 1. The largest absolute Gasteiger partial charge is 0.337 e. The third-order valence-corrected chi connectivity index (χ3v) is 4.61. The number of hydrogen-bond acceptors (Lipinski definition) is 2. The zero-order valence-electron chi connectivity index (χ0n) is 15.9. The first-order chi connectivity index (χ1) is 12.8. The van der Waals surface area contributed by atoms with Crippen LogP contribution in [0, 0.1) is 0 Å². The van der Waals surface area contributed by atoms with Crippen molar-refractivity contribution in [3.63, 3.8) is 0 Å². The van der Waals surface area contributed by atoms with E-state index < -0.39 is 0 Å². The average molecular weight is 388 g/mol. The molecular formula is C21H26ClN3O2. The topological polar surface area (TPSA) is 70.2 Å². The van der Waals surface area contributed by atoms with E-state index in [0.717, 1.165) is 23.2 Å². The fraction of sp³-hybridized carbons (Fsp3) is 0.333. The summed E-state index contributed by atoms with van der Waals surface area (Å²) in [6.07, 6.45) is 0.822. The lowest BCUT2D eigenvalue weighted by atomic mass is 9.85. The molecule has 2 rings (SSSR count). The molecule has 6 heteroatoms. The SMILES string of the molecule is CCc1ccccc1NC(=O)CNC(=O)NCC(C)(C)c1cccc(Cl)c1. The van der Waals surface area contributed by atoms with E-state index in [1.165, 1.54) is 0 Å². The molecule has 3 amide bonds. The minimum Gasteiger partial charge on any atom is -0.337 e. The Bertz CT molecular complexity index is 806. The Morgan fingerprint density at radius 2 is 1.78 bits per heavy atom. The summed E-state index contributed by atoms with van der Waals surface area (Å²) in [5.41, 5.74) is 2.57. The molecule has 0 unspecified atom stereocenters. The van der Waals surface area contributed by atoms with Crippen molar-refractivity contribution in [1.29, 1.82) is 0 Å². The second kappa shape index (κ2) is 9.42. The van der Waals surface area contributed by atoms with Crippen molar-refractivity contribution in [3.05, 3.63) is 64.7 Å². The van der Waals surface area contributed by atoms with E-state index in [1.54, 1.807) is 0 Å². The number of halogens is 1. The predicted octanol–water partition coefficient (Wildman–Crippen LogP) is 4.12. The number of anilines is 1. The van der Waals surface area contributed by atoms with Crippen LogP contribution in [-0.4, -0.2) is 25.0 Å². The fourth-order valence-electron chi connectivity index (χ4n) is 2.68. The third-order valence-electron chi connectivity index (χ3n) is 4.38. The van der Waals surface area contributed by atoms with Gasteiger partial charge in [-0.05, 0) is 35.7 Å². The highest BCUT2D eigenvalue weighted by Crippen LogP contribution is 2.24. The summed E-state index contributed by atoms with van der Waals surface area (Å²) >= 11 is 6.04. The highest BCUT2D eigenvalue weighted by atomic mass is 35.5. The van der Waals surface area contributed by atoms with Gasteiger partial charge in [-0.25, -0.2) is 4.79 Å². The van der Waals surface area contributed by atoms with Gasteiger partial charge in [0.2, 0.25) is 5.91 Å². The van der Waals surface area contributed by atoms with Crippen LogP contribution in [0.25, 0.3) is 0 Å². The Labute approximate surface area is 165 Å². The van der Waals surface area contributed by atoms with E-state index in [0.29, 0.717) is 11.6 Å². The first kappa shape index (κ1) is 20.8. The molecule has 0 spiro atoms. The summed E-state index contributed by atoms with van der Waals surface area (Å²) in [5, 5.41) is 8.88. The Kier molecular flexibility index (Phi) is 7.25. The maximum Gasteiger partial charge on any atom is 0.315 e. The van der Waals surface area contributed by atoms with Gasteiger partial charge in [-0.1, -0.05) is 62.7 Å². The second-order valence-electron chi connectivity index (χ2n) is 6.99. The Morgan fingerprint density at radius 3 is 2.48 bits per heavy atom. The van der Waals surface area contributed by atoms with Gasteiger partial charge >= 0.3 is 6.03 Å². The lowest BCUT2D eigenvalue weighted by Crippen LogP contribution is -2.44. The number of carbonyl (C=O) groups excluding carboxylic acids is 2. The summed E-state index contributed by atoms with van der Waals surface area (Å²) in [4.78, 5) is 24.1. The van der Waals surface area contributed by atoms with E-state index in [1.807, 2.05) is 69.3 Å². The van der Waals surface area contributed by atoms with Crippen LogP contribution in [0.15, 0.2) is 48.5 Å². The van der Waals surface area contributed by atoms with E-state index in [4.69, 9.17) is 11.6 Å². The molecule has 0 saturated carbocycles. The number of amides is 3. The number of nitrogens with one attached hydrogen (secondary N) is 3.